The molecular weight excluding hydrogens is 534 g/mol. The number of imide groups is 1. The maximum Gasteiger partial charge on any atom is 0.335 e. The summed E-state index contributed by atoms with van der Waals surface area (Å²) in [6.07, 6.45) is 5.84. The van der Waals surface area contributed by atoms with E-state index in [4.69, 9.17) is 0 Å². The molecule has 4 aliphatic rings. The van der Waals surface area contributed by atoms with Gasteiger partial charge in [-0.25, -0.2) is 4.79 Å². The van der Waals surface area contributed by atoms with Crippen molar-refractivity contribution in [3.63, 3.8) is 0 Å². The summed E-state index contributed by atoms with van der Waals surface area (Å²) in [5.41, 5.74) is 1.23. The van der Waals surface area contributed by atoms with E-state index in [2.05, 4.69) is 6.58 Å². The van der Waals surface area contributed by atoms with E-state index in [-0.39, 0.29) is 41.4 Å². The lowest BCUT2D eigenvalue weighted by Crippen LogP contribution is -2.54. The number of allylic oxidation sites excluding steroid dienone is 5. The van der Waals surface area contributed by atoms with Gasteiger partial charge in [-0.15, -0.1) is 6.58 Å². The second kappa shape index (κ2) is 9.76. The molecule has 6 rings (SSSR count). The molecule has 214 valence electrons. The van der Waals surface area contributed by atoms with E-state index in [1.807, 2.05) is 6.08 Å². The quantitative estimate of drug-likeness (QED) is 0.394. The second-order valence-corrected chi connectivity index (χ2v) is 12.0. The molecule has 1 saturated carbocycles. The number of carboxylic acids is 1. The van der Waals surface area contributed by atoms with Gasteiger partial charge >= 0.3 is 5.97 Å². The number of hydrogen-bond donors (Lipinski definition) is 2. The number of Topliss-reactive ketones (excluding diaryl/α,β-unsaturated/α-hetero) is 1. The number of phenols is 1. The van der Waals surface area contributed by atoms with Gasteiger partial charge in [0.2, 0.25) is 11.8 Å². The molecule has 3 aliphatic carbocycles. The molecule has 6 atom stereocenters. The summed E-state index contributed by atoms with van der Waals surface area (Å²) in [6.45, 7) is 7.20. The number of para-hydroxylation sites is 1. The summed E-state index contributed by atoms with van der Waals surface area (Å²) in [6, 6.07) is 11.1. The highest BCUT2D eigenvalue weighted by Crippen LogP contribution is 2.63. The molecule has 0 bridgehead atoms. The average molecular weight is 566 g/mol. The summed E-state index contributed by atoms with van der Waals surface area (Å²) in [5.74, 6) is -5.83. The highest BCUT2D eigenvalue weighted by molar-refractivity contribution is 6.23. The Morgan fingerprint density at radius 3 is 2.55 bits per heavy atom. The molecule has 1 heterocycles. The summed E-state index contributed by atoms with van der Waals surface area (Å²) in [7, 11) is 0. The predicted molar refractivity (Wildman–Crippen MR) is 154 cm³/mol. The number of benzene rings is 2. The monoisotopic (exact) mass is 565 g/mol. The fourth-order valence-corrected chi connectivity index (χ4v) is 7.94. The predicted octanol–water partition coefficient (Wildman–Crippen LogP) is 4.78. The van der Waals surface area contributed by atoms with E-state index in [1.165, 1.54) is 30.3 Å². The largest absolute Gasteiger partial charge is 0.507 e. The third-order valence-corrected chi connectivity index (χ3v) is 9.82. The molecule has 8 heteroatoms. The second-order valence-electron chi connectivity index (χ2n) is 12.0. The van der Waals surface area contributed by atoms with Crippen LogP contribution in [-0.2, 0) is 25.6 Å². The molecule has 2 amide bonds. The number of hydrogen-bond acceptors (Lipinski definition) is 6. The standard InChI is InChI=1S/C34H31NO7/c1-4-7-18-8-6-11-23(29(18)37)28-21-12-13-22-27(24(21)16-25-26(36)14-17(2)30(38)34(25,28)3)32(40)35(31(22)39)20-10-5-9-19(15-20)33(41)42/h4-6,8-12,14-15,22,24-25,27-28,37H,1,7,13,16H2,2-3H3,(H,41,42)/t22-,24+,25-,27-,28+,34+/m0/s1. The molecule has 2 fully saturated rings. The number of rotatable bonds is 5. The van der Waals surface area contributed by atoms with Crippen molar-refractivity contribution in [2.75, 3.05) is 4.90 Å². The number of fused-ring (bicyclic) bond motifs is 4. The molecule has 0 spiro atoms. The van der Waals surface area contributed by atoms with Gasteiger partial charge in [-0.1, -0.05) is 48.9 Å². The van der Waals surface area contributed by atoms with Gasteiger partial charge < -0.3 is 10.2 Å². The first-order valence-corrected chi connectivity index (χ1v) is 14.1. The lowest BCUT2D eigenvalue weighted by Gasteiger charge is -2.53. The zero-order valence-electron chi connectivity index (χ0n) is 23.4. The van der Waals surface area contributed by atoms with Gasteiger partial charge in [0.25, 0.3) is 0 Å². The van der Waals surface area contributed by atoms with E-state index in [0.29, 0.717) is 23.1 Å². The van der Waals surface area contributed by atoms with E-state index < -0.39 is 52.8 Å². The van der Waals surface area contributed by atoms with Crippen LogP contribution >= 0.6 is 0 Å². The lowest BCUT2D eigenvalue weighted by molar-refractivity contribution is -0.141. The molecule has 0 aromatic heterocycles. The van der Waals surface area contributed by atoms with Crippen LogP contribution in [0.5, 0.6) is 5.75 Å². The topological polar surface area (TPSA) is 129 Å². The molecule has 2 aromatic rings. The minimum Gasteiger partial charge on any atom is -0.507 e. The molecule has 2 N–H and O–H groups in total. The van der Waals surface area contributed by atoms with Crippen molar-refractivity contribution >= 4 is 35.0 Å². The van der Waals surface area contributed by atoms with Gasteiger partial charge in [-0.3, -0.25) is 24.1 Å². The Kier molecular flexibility index (Phi) is 6.40. The number of aromatic hydroxyl groups is 1. The minimum absolute atomic E-state index is 0.0273. The minimum atomic E-state index is -1.20. The van der Waals surface area contributed by atoms with Gasteiger partial charge in [-0.2, -0.15) is 0 Å². The van der Waals surface area contributed by atoms with Gasteiger partial charge in [0.1, 0.15) is 5.75 Å². The number of carbonyl (C=O) groups excluding carboxylic acids is 4. The summed E-state index contributed by atoms with van der Waals surface area (Å²) < 4.78 is 0. The van der Waals surface area contributed by atoms with Crippen LogP contribution in [0, 0.1) is 29.1 Å². The molecule has 8 nitrogen and oxygen atoms in total. The fourth-order valence-electron chi connectivity index (χ4n) is 7.94. The Balaban J connectivity index is 1.50. The van der Waals surface area contributed by atoms with Crippen LogP contribution in [0.25, 0.3) is 0 Å². The zero-order chi connectivity index (χ0) is 30.1. The van der Waals surface area contributed by atoms with Crippen LogP contribution in [0.15, 0.2) is 78.4 Å². The van der Waals surface area contributed by atoms with Crippen molar-refractivity contribution in [2.45, 2.75) is 39.0 Å². The van der Waals surface area contributed by atoms with Gasteiger partial charge in [0, 0.05) is 17.4 Å². The number of phenolic OH excluding ortho intramolecular Hbond substituents is 1. The number of aromatic carboxylic acids is 1. The molecule has 0 radical (unpaired) electrons. The highest BCUT2D eigenvalue weighted by Gasteiger charge is 2.63. The zero-order valence-corrected chi connectivity index (χ0v) is 23.4. The molecular formula is C34H31NO7. The van der Waals surface area contributed by atoms with Gasteiger partial charge in [-0.05, 0) is 67.5 Å². The molecule has 2 aromatic carbocycles. The maximum absolute atomic E-state index is 14.1. The number of ketones is 2. The van der Waals surface area contributed by atoms with Crippen LogP contribution in [0.1, 0.15) is 54.1 Å². The van der Waals surface area contributed by atoms with Crippen molar-refractivity contribution in [2.24, 2.45) is 29.1 Å². The smallest absolute Gasteiger partial charge is 0.335 e. The third-order valence-electron chi connectivity index (χ3n) is 9.82. The molecule has 1 aliphatic heterocycles. The number of carbonyl (C=O) groups is 5. The Morgan fingerprint density at radius 1 is 1.10 bits per heavy atom. The van der Waals surface area contributed by atoms with Gasteiger partial charge in [0.05, 0.1) is 28.5 Å². The average Bonchev–Trinajstić information content (AvgIpc) is 3.22. The van der Waals surface area contributed by atoms with Crippen LogP contribution in [0.3, 0.4) is 0 Å². The fraction of sp³-hybridized carbons (Fsp3) is 0.324. The number of amides is 2. The summed E-state index contributed by atoms with van der Waals surface area (Å²) in [5, 5.41) is 20.9. The van der Waals surface area contributed by atoms with E-state index >= 15 is 0 Å². The van der Waals surface area contributed by atoms with Crippen molar-refractivity contribution in [3.05, 3.63) is 95.1 Å². The number of carboxylic acid groups (broad SMARTS) is 1. The van der Waals surface area contributed by atoms with Crippen LogP contribution in [0.2, 0.25) is 0 Å². The van der Waals surface area contributed by atoms with E-state index in [0.717, 1.165) is 10.5 Å². The Labute approximate surface area is 243 Å². The van der Waals surface area contributed by atoms with Crippen molar-refractivity contribution in [1.82, 2.24) is 0 Å². The Morgan fingerprint density at radius 2 is 1.83 bits per heavy atom. The first-order valence-electron chi connectivity index (χ1n) is 14.1. The normalized spacial score (nSPS) is 30.2. The summed E-state index contributed by atoms with van der Waals surface area (Å²) in [4.78, 5) is 68.0. The summed E-state index contributed by atoms with van der Waals surface area (Å²) >= 11 is 0. The van der Waals surface area contributed by atoms with Crippen molar-refractivity contribution in [3.8, 4) is 5.75 Å². The van der Waals surface area contributed by atoms with E-state index in [9.17, 15) is 34.2 Å². The molecule has 42 heavy (non-hydrogen) atoms. The van der Waals surface area contributed by atoms with Gasteiger partial charge in [0.15, 0.2) is 11.6 Å². The first-order chi connectivity index (χ1) is 20.0. The molecule has 1 saturated heterocycles. The van der Waals surface area contributed by atoms with Crippen LogP contribution in [0.4, 0.5) is 5.69 Å². The molecule has 0 unspecified atom stereocenters. The third kappa shape index (κ3) is 3.77. The maximum atomic E-state index is 14.1. The van der Waals surface area contributed by atoms with Crippen molar-refractivity contribution < 1.29 is 34.2 Å². The SMILES string of the molecule is C=CCc1cccc([C@H]2C3=CC[C@@H]4C(=O)N(c5cccc(C(=O)O)c5)C(=O)[C@@H]4[C@@H]3C[C@H]3C(=O)C=C(C)C(=O)[C@@]23C)c1O. The Bertz CT molecular complexity index is 1670. The number of anilines is 1. The van der Waals surface area contributed by atoms with E-state index in [1.54, 1.807) is 38.1 Å². The lowest BCUT2D eigenvalue weighted by atomic mass is 9.47. The van der Waals surface area contributed by atoms with Crippen LogP contribution < -0.4 is 4.90 Å². The van der Waals surface area contributed by atoms with Crippen LogP contribution in [-0.4, -0.2) is 39.6 Å². The highest BCUT2D eigenvalue weighted by atomic mass is 16.4. The van der Waals surface area contributed by atoms with Crippen molar-refractivity contribution in [1.29, 1.82) is 0 Å². The Hall–Kier alpha value is -4.59. The first kappa shape index (κ1) is 27.6. The number of nitrogens with zero attached hydrogens (tertiary/aromatic N) is 1.